The number of amides is 1. The molecular weight excluding hydrogens is 293 g/mol. The van der Waals surface area contributed by atoms with Crippen LogP contribution in [0.1, 0.15) is 27.2 Å². The second kappa shape index (κ2) is 6.62. The van der Waals surface area contributed by atoms with Crippen LogP contribution in [0.5, 0.6) is 0 Å². The van der Waals surface area contributed by atoms with Gasteiger partial charge in [0, 0.05) is 12.3 Å². The SMILES string of the molecule is CC(C)(C)OC(=O)NCCCSC(F)(F)C(F)(F)F. The van der Waals surface area contributed by atoms with Crippen molar-refractivity contribution in [2.75, 3.05) is 12.3 Å². The van der Waals surface area contributed by atoms with Crippen LogP contribution in [0.25, 0.3) is 0 Å². The number of carbonyl (C=O) groups is 1. The van der Waals surface area contributed by atoms with Crippen molar-refractivity contribution < 1.29 is 31.5 Å². The molecule has 0 aromatic carbocycles. The summed E-state index contributed by atoms with van der Waals surface area (Å²) in [4.78, 5) is 11.1. The lowest BCUT2D eigenvalue weighted by atomic mass is 10.2. The molecule has 1 N–H and O–H groups in total. The summed E-state index contributed by atoms with van der Waals surface area (Å²) in [5.41, 5.74) is -0.692. The summed E-state index contributed by atoms with van der Waals surface area (Å²) in [5, 5.41) is -2.50. The number of thioether (sulfide) groups is 1. The van der Waals surface area contributed by atoms with Gasteiger partial charge in [-0.25, -0.2) is 4.79 Å². The Morgan fingerprint density at radius 2 is 1.68 bits per heavy atom. The lowest BCUT2D eigenvalue weighted by molar-refractivity contribution is -0.237. The molecule has 0 rings (SSSR count). The van der Waals surface area contributed by atoms with Gasteiger partial charge in [0.2, 0.25) is 0 Å². The average molecular weight is 309 g/mol. The zero-order valence-corrected chi connectivity index (χ0v) is 11.6. The fraction of sp³-hybridized carbons (Fsp3) is 0.900. The monoisotopic (exact) mass is 309 g/mol. The van der Waals surface area contributed by atoms with E-state index in [0.29, 0.717) is 0 Å². The number of halogens is 5. The van der Waals surface area contributed by atoms with Crippen molar-refractivity contribution >= 4 is 17.9 Å². The van der Waals surface area contributed by atoms with Gasteiger partial charge in [-0.05, 0) is 27.2 Å². The predicted octanol–water partition coefficient (Wildman–Crippen LogP) is 3.79. The first-order chi connectivity index (χ1) is 8.35. The van der Waals surface area contributed by atoms with E-state index < -0.39 is 40.6 Å². The summed E-state index contributed by atoms with van der Waals surface area (Å²) in [6.45, 7) is 4.90. The molecule has 0 heterocycles. The van der Waals surface area contributed by atoms with Gasteiger partial charge in [-0.3, -0.25) is 0 Å². The van der Waals surface area contributed by atoms with E-state index in [1.54, 1.807) is 20.8 Å². The zero-order chi connectivity index (χ0) is 15.3. The van der Waals surface area contributed by atoms with Crippen molar-refractivity contribution in [3.8, 4) is 0 Å². The Bertz CT molecular complexity index is 301. The van der Waals surface area contributed by atoms with Crippen molar-refractivity contribution in [2.45, 2.75) is 44.2 Å². The number of alkyl carbamates (subject to hydrolysis) is 1. The van der Waals surface area contributed by atoms with Crippen LogP contribution < -0.4 is 5.32 Å². The molecule has 0 radical (unpaired) electrons. The van der Waals surface area contributed by atoms with Crippen molar-refractivity contribution in [3.05, 3.63) is 0 Å². The third-order valence-electron chi connectivity index (χ3n) is 1.60. The van der Waals surface area contributed by atoms with E-state index in [1.165, 1.54) is 0 Å². The lowest BCUT2D eigenvalue weighted by Crippen LogP contribution is -2.34. The molecule has 0 bridgehead atoms. The first-order valence-corrected chi connectivity index (χ1v) is 6.39. The smallest absolute Gasteiger partial charge is 0.444 e. The Morgan fingerprint density at radius 3 is 2.11 bits per heavy atom. The normalized spacial score (nSPS) is 13.3. The maximum atomic E-state index is 12.5. The number of carbonyl (C=O) groups excluding carboxylic acids is 1. The van der Waals surface area contributed by atoms with Gasteiger partial charge in [0.25, 0.3) is 0 Å². The molecule has 19 heavy (non-hydrogen) atoms. The number of rotatable bonds is 5. The molecule has 0 aliphatic carbocycles. The highest BCUT2D eigenvalue weighted by atomic mass is 32.2. The summed E-state index contributed by atoms with van der Waals surface area (Å²) in [6, 6.07) is 0. The van der Waals surface area contributed by atoms with Gasteiger partial charge in [0.05, 0.1) is 0 Å². The van der Waals surface area contributed by atoms with E-state index in [4.69, 9.17) is 4.74 Å². The molecule has 9 heteroatoms. The van der Waals surface area contributed by atoms with Gasteiger partial charge in [0.15, 0.2) is 0 Å². The standard InChI is InChI=1S/C10H16F5NO2S/c1-8(2,3)18-7(17)16-5-4-6-19-10(14,15)9(11,12)13/h4-6H2,1-3H3,(H,16,17). The molecule has 0 saturated carbocycles. The van der Waals surface area contributed by atoms with E-state index in [0.717, 1.165) is 0 Å². The fourth-order valence-corrected chi connectivity index (χ4v) is 1.57. The van der Waals surface area contributed by atoms with Crippen LogP contribution in [0.2, 0.25) is 0 Å². The highest BCUT2D eigenvalue weighted by Crippen LogP contribution is 2.44. The minimum absolute atomic E-state index is 0.0183. The van der Waals surface area contributed by atoms with Gasteiger partial charge in [-0.15, -0.1) is 0 Å². The predicted molar refractivity (Wildman–Crippen MR) is 62.3 cm³/mol. The van der Waals surface area contributed by atoms with Crippen LogP contribution in [-0.4, -0.2) is 35.4 Å². The Labute approximate surface area is 112 Å². The van der Waals surface area contributed by atoms with Crippen LogP contribution in [0, 0.1) is 0 Å². The maximum absolute atomic E-state index is 12.5. The molecule has 0 unspecified atom stereocenters. The molecule has 0 aromatic rings. The number of nitrogens with one attached hydrogen (secondary N) is 1. The zero-order valence-electron chi connectivity index (χ0n) is 10.7. The lowest BCUT2D eigenvalue weighted by Gasteiger charge is -2.20. The number of alkyl halides is 5. The highest BCUT2D eigenvalue weighted by Gasteiger charge is 2.57. The van der Waals surface area contributed by atoms with Gasteiger partial charge < -0.3 is 10.1 Å². The molecule has 0 aromatic heterocycles. The molecule has 0 aliphatic heterocycles. The number of hydrogen-bond donors (Lipinski definition) is 1. The first-order valence-electron chi connectivity index (χ1n) is 5.40. The summed E-state index contributed by atoms with van der Waals surface area (Å²) >= 11 is -0.500. The van der Waals surface area contributed by atoms with Crippen LogP contribution in [0.15, 0.2) is 0 Å². The Hall–Kier alpha value is -0.730. The summed E-state index contributed by atoms with van der Waals surface area (Å²) in [6.07, 6.45) is -6.31. The Balaban J connectivity index is 3.81. The molecule has 0 aliphatic rings. The first kappa shape index (κ1) is 18.3. The molecule has 0 spiro atoms. The van der Waals surface area contributed by atoms with E-state index >= 15 is 0 Å². The molecule has 0 fully saturated rings. The van der Waals surface area contributed by atoms with Crippen molar-refractivity contribution in [2.24, 2.45) is 0 Å². The van der Waals surface area contributed by atoms with Gasteiger partial charge in [-0.1, -0.05) is 11.8 Å². The number of ether oxygens (including phenoxy) is 1. The van der Waals surface area contributed by atoms with Gasteiger partial charge >= 0.3 is 17.5 Å². The molecule has 0 atom stereocenters. The Morgan fingerprint density at radius 1 is 1.16 bits per heavy atom. The average Bonchev–Trinajstić information content (AvgIpc) is 2.11. The van der Waals surface area contributed by atoms with E-state index in [2.05, 4.69) is 5.32 Å². The summed E-state index contributed by atoms with van der Waals surface area (Å²) < 4.78 is 65.2. The molecular formula is C10H16F5NO2S. The molecule has 0 saturated heterocycles. The highest BCUT2D eigenvalue weighted by molar-refractivity contribution is 8.00. The third-order valence-corrected chi connectivity index (χ3v) is 2.69. The van der Waals surface area contributed by atoms with Crippen molar-refractivity contribution in [1.82, 2.24) is 5.32 Å². The van der Waals surface area contributed by atoms with Gasteiger partial charge in [-0.2, -0.15) is 22.0 Å². The molecule has 114 valence electrons. The second-order valence-electron chi connectivity index (χ2n) is 4.65. The van der Waals surface area contributed by atoms with Crippen LogP contribution >= 0.6 is 11.8 Å². The van der Waals surface area contributed by atoms with Crippen molar-refractivity contribution in [3.63, 3.8) is 0 Å². The quantitative estimate of drug-likeness (QED) is 0.620. The number of hydrogen-bond acceptors (Lipinski definition) is 3. The summed E-state index contributed by atoms with van der Waals surface area (Å²) in [7, 11) is 0. The summed E-state index contributed by atoms with van der Waals surface area (Å²) in [5.74, 6) is -0.428. The topological polar surface area (TPSA) is 38.3 Å². The second-order valence-corrected chi connectivity index (χ2v) is 5.85. The van der Waals surface area contributed by atoms with Crippen LogP contribution in [0.3, 0.4) is 0 Å². The minimum atomic E-state index is -5.56. The van der Waals surface area contributed by atoms with E-state index in [1.807, 2.05) is 0 Å². The third kappa shape index (κ3) is 8.12. The Kier molecular flexibility index (Phi) is 6.37. The van der Waals surface area contributed by atoms with E-state index in [-0.39, 0.29) is 13.0 Å². The van der Waals surface area contributed by atoms with Crippen LogP contribution in [-0.2, 0) is 4.74 Å². The van der Waals surface area contributed by atoms with E-state index in [9.17, 15) is 26.7 Å². The van der Waals surface area contributed by atoms with Gasteiger partial charge in [0.1, 0.15) is 5.60 Å². The minimum Gasteiger partial charge on any atom is -0.444 e. The van der Waals surface area contributed by atoms with Crippen molar-refractivity contribution in [1.29, 1.82) is 0 Å². The fourth-order valence-electron chi connectivity index (χ4n) is 0.859. The maximum Gasteiger partial charge on any atom is 0.464 e. The molecule has 1 amide bonds. The molecule has 3 nitrogen and oxygen atoms in total. The van der Waals surface area contributed by atoms with Crippen LogP contribution in [0.4, 0.5) is 26.7 Å². The largest absolute Gasteiger partial charge is 0.464 e.